The molecular weight excluding hydrogens is 2440 g/mol. The Balaban J connectivity index is 0.000000161. The van der Waals surface area contributed by atoms with Crippen LogP contribution in [0.3, 0.4) is 0 Å². The molecule has 0 aromatic carbocycles. The van der Waals surface area contributed by atoms with Gasteiger partial charge in [-0.05, 0) is 25.8 Å². The van der Waals surface area contributed by atoms with Crippen molar-refractivity contribution in [1.82, 2.24) is 97.2 Å². The first-order chi connectivity index (χ1) is 64.4. The second-order valence-corrected chi connectivity index (χ2v) is 41.7. The van der Waals surface area contributed by atoms with Gasteiger partial charge in [0, 0.05) is 280 Å². The molecule has 25 atom stereocenters. The van der Waals surface area contributed by atoms with E-state index >= 15 is 0 Å². The van der Waals surface area contributed by atoms with Gasteiger partial charge in [0.05, 0.1) is 117 Å². The largest absolute Gasteiger partial charge is 0.476 e. The molecule has 12 bridgehead atoms. The number of aromatic nitrogens is 20. The molecule has 55 nitrogen and oxygen atoms in total. The second kappa shape index (κ2) is 49.4. The minimum atomic E-state index is -2.12. The summed E-state index contributed by atoms with van der Waals surface area (Å²) in [5.74, 6) is -0.0485. The third-order valence-corrected chi connectivity index (χ3v) is 27.6. The minimum absolute atomic E-state index is 0. The molecule has 15 N–H and O–H groups in total. The number of fused-ring (bicyclic) bond motifs is 16. The van der Waals surface area contributed by atoms with E-state index in [-0.39, 0.29) is 314 Å². The Morgan fingerprint density at radius 3 is 1.26 bits per heavy atom. The third-order valence-electron chi connectivity index (χ3n) is 24.3. The number of aliphatic hydroxyl groups is 1. The van der Waals surface area contributed by atoms with E-state index in [2.05, 4.69) is 64.8 Å². The summed E-state index contributed by atoms with van der Waals surface area (Å²) in [6, 6.07) is 1.53. The van der Waals surface area contributed by atoms with Gasteiger partial charge < -0.3 is 123 Å². The average molecular weight is 2550 g/mol. The number of aliphatic hydroxyl groups excluding tert-OH is 1. The van der Waals surface area contributed by atoms with Gasteiger partial charge in [0.1, 0.15) is 93.5 Å². The van der Waals surface area contributed by atoms with E-state index in [4.69, 9.17) is 118 Å². The maximum absolute atomic E-state index is 13.3. The molecule has 12 fully saturated rings. The fraction of sp³-hybridized carbons (Fsp3) is 0.616. The Labute approximate surface area is 953 Å². The maximum Gasteiger partial charge on any atom is 0.351 e. The zero-order valence-electron chi connectivity index (χ0n) is 76.8. The molecular formula is C73H101FN26O29P6Y6. The number of nitrogens with zero attached hydrogens (tertiary/aromatic N) is 18. The SMILES string of the molecule is CCOc1nc(N)nc2c1ncn2[C@@H]1O[C@@]2(CO[PH](C)=O)CO[C@@H]1C2.C[PH](=O)OC[C@@]12CC[C@@H]([C@H](n3cnc4c(=O)[nH]c(N)nc43)O1)[C@@H]2O.C[PH](=O)OC[C@]12CO[C@H](C1)[C@H](n1cc(F)c(=O)[nH]c1=O)O2.C[PH](=O)OC[C@]12CO[C@H](C1)[C@H](n1ccc(N)nc1=O)O2.C[PH](=O)OC[C@]12CO[C@H](C1)[C@H](n1cnc3c(N)nc(N)nc31)O2.C[PH](=O)OC[C@]12CO[C@H](C1)[C@H](n1cnc3c(N)ncnc31)O2.[Y].[Y].[Y].[Y].[Y].[Y]. The molecule has 0 spiro atoms. The fourth-order valence-corrected chi connectivity index (χ4v) is 21.0. The van der Waals surface area contributed by atoms with Crippen molar-refractivity contribution >= 4 is 128 Å². The summed E-state index contributed by atoms with van der Waals surface area (Å²) in [5, 5.41) is 10.6. The topological polar surface area (TPSA) is 729 Å². The molecule has 141 heavy (non-hydrogen) atoms. The van der Waals surface area contributed by atoms with Crippen LogP contribution in [0, 0.1) is 11.7 Å². The molecule has 21 heterocycles. The maximum atomic E-state index is 13.3. The molecule has 1 aliphatic carbocycles. The van der Waals surface area contributed by atoms with Crippen LogP contribution in [0.15, 0.2) is 69.3 Å². The van der Waals surface area contributed by atoms with Crippen LogP contribution in [0.25, 0.3) is 44.7 Å². The van der Waals surface area contributed by atoms with E-state index in [0.29, 0.717) is 122 Å². The Bertz CT molecular complexity index is 6580. The summed E-state index contributed by atoms with van der Waals surface area (Å²) in [6.07, 6.45) is 9.44. The van der Waals surface area contributed by atoms with Crippen molar-refractivity contribution in [2.45, 2.75) is 159 Å². The van der Waals surface area contributed by atoms with Gasteiger partial charge in [0.15, 0.2) is 125 Å². The van der Waals surface area contributed by atoms with Gasteiger partial charge in [-0.25, -0.2) is 39.5 Å². The first-order valence-corrected chi connectivity index (χ1v) is 53.3. The number of nitrogens with one attached hydrogen (secondary N) is 2. The average Bonchev–Trinajstić information content (AvgIpc) is 1.57. The summed E-state index contributed by atoms with van der Waals surface area (Å²) in [4.78, 5) is 100. The summed E-state index contributed by atoms with van der Waals surface area (Å²) >= 11 is 0. The van der Waals surface area contributed by atoms with Gasteiger partial charge >= 0.3 is 11.4 Å². The molecule has 12 aliphatic rings. The van der Waals surface area contributed by atoms with E-state index in [0.717, 1.165) is 17.2 Å². The molecule has 6 unspecified atom stereocenters. The molecule has 11 aliphatic heterocycles. The van der Waals surface area contributed by atoms with Crippen molar-refractivity contribution in [3.8, 4) is 5.88 Å². The quantitative estimate of drug-likeness (QED) is 0.0346. The Morgan fingerprint density at radius 2 is 0.823 bits per heavy atom. The number of hydrogen-bond donors (Lipinski definition) is 9. The monoisotopic (exact) mass is 2540 g/mol. The van der Waals surface area contributed by atoms with Crippen molar-refractivity contribution in [2.24, 2.45) is 5.92 Å². The summed E-state index contributed by atoms with van der Waals surface area (Å²) < 4.78 is 192. The normalized spacial score (nSPS) is 30.5. The standard InChI is InChI=1S/C14H20N5O5P.C13H18N5O5P.C12H17N6O4P.C12H16N5O4P.C11H14FN2O6P.C11H16N3O5P.6Y/c1-3-21-11-9-10(17-13(15)18-11)19(7-16-9)12-8-4-14(24-12,5-22-8)6-23-25(2)20;1-24(21)22-4-13-3-2-6(8(13)19)11(23-13)18-5-15-7-9(18)16-12(14)17-10(7)20;1-23(19)21-4-12-2-6(20-3-12)10(22-12)18-5-15-7-8(13)16-11(14)17-9(7)18;1-22(18)20-4-12-2-7(19-3-12)11(21-12)17-6-16-8-9(13)14-5-15-10(8)17;1-21(17)19-5-11-2-7(18-4-11)9(20-11)14-3-6(12)8(15)13-10(14)16;1-20(16)18-6-11-4-7(17-5-11)9(19-11)14-3-2-8(12)13-10(14)15;;;;;;/h7-8,12,25H,3-6H2,1-2H3,(H2,15,17,18);5-6,8,11,19,24H,2-4H2,1H3,(H3,14,16,17,20);5-6,10,23H,2-4H2,1H3,(H4,13,14,16,17);5-7,11,22H,2-4H2,1H3,(H2,13,14,15);3,7,9,21H,2,4-5H2,1H3,(H,13,15,16);2-3,7,9,20H,4-6H2,1H3,(H2,12,13,15);;;;;;/t8-,12-,14-;6-,8+,11-,13-;6-,10-,12-;7-,11-,12-;2*7-,9-,11-;;;;;;/m111111....../s1. The number of nitrogen functional groups attached to an aromatic ring is 6. The molecule has 6 radical (unpaired) electrons. The summed E-state index contributed by atoms with van der Waals surface area (Å²) in [5.41, 5.74) is 31.0. The molecule has 11 saturated heterocycles. The van der Waals surface area contributed by atoms with Crippen molar-refractivity contribution in [1.29, 1.82) is 0 Å². The van der Waals surface area contributed by atoms with Gasteiger partial charge in [-0.15, -0.1) is 0 Å². The predicted molar refractivity (Wildman–Crippen MR) is 474 cm³/mol. The summed E-state index contributed by atoms with van der Waals surface area (Å²) in [7, 11) is -12.3. The molecule has 752 valence electrons. The Hall–Kier alpha value is -2.63. The minimum Gasteiger partial charge on any atom is -0.476 e. The Kier molecular flexibility index (Phi) is 41.6. The number of halogens is 1. The number of aromatic amines is 2. The van der Waals surface area contributed by atoms with Crippen LogP contribution in [-0.2, 0) is 303 Å². The number of ether oxygens (including phenoxy) is 12. The zero-order chi connectivity index (χ0) is 95.7. The Morgan fingerprint density at radius 1 is 0.440 bits per heavy atom. The van der Waals surface area contributed by atoms with Gasteiger partial charge in [-0.3, -0.25) is 74.3 Å². The van der Waals surface area contributed by atoms with Crippen LogP contribution in [0.2, 0.25) is 0 Å². The zero-order valence-corrected chi connectivity index (χ0v) is 99.8. The van der Waals surface area contributed by atoms with Crippen LogP contribution < -0.4 is 61.6 Å². The summed E-state index contributed by atoms with van der Waals surface area (Å²) in [6.45, 7) is 14.4. The van der Waals surface area contributed by atoms with Gasteiger partial charge in [-0.1, -0.05) is 0 Å². The number of rotatable bonds is 26. The van der Waals surface area contributed by atoms with Gasteiger partial charge in [0.25, 0.3) is 11.1 Å². The smallest absolute Gasteiger partial charge is 0.351 e. The number of hydrogen-bond acceptors (Lipinski definition) is 47. The van der Waals surface area contributed by atoms with Crippen LogP contribution in [-0.4, -0.2) is 292 Å². The van der Waals surface area contributed by atoms with E-state index in [1.165, 1.54) is 49.5 Å². The number of anilines is 6. The van der Waals surface area contributed by atoms with Crippen LogP contribution >= 0.6 is 48.2 Å². The third kappa shape index (κ3) is 25.8. The van der Waals surface area contributed by atoms with Crippen LogP contribution in [0.1, 0.15) is 89.2 Å². The number of H-pyrrole nitrogens is 2. The first kappa shape index (κ1) is 119. The van der Waals surface area contributed by atoms with Crippen molar-refractivity contribution in [3.05, 3.63) is 97.6 Å². The van der Waals surface area contributed by atoms with E-state index in [9.17, 15) is 56.1 Å². The van der Waals surface area contributed by atoms with Gasteiger partial charge in [-0.2, -0.15) is 34.3 Å². The van der Waals surface area contributed by atoms with E-state index in [1.807, 2.05) is 11.9 Å². The fourth-order valence-electron chi connectivity index (χ4n) is 18.2. The van der Waals surface area contributed by atoms with E-state index < -0.39 is 153 Å². The van der Waals surface area contributed by atoms with Gasteiger partial charge in [0.2, 0.25) is 29.5 Å². The molecule has 68 heteroatoms. The van der Waals surface area contributed by atoms with E-state index in [1.54, 1.807) is 57.2 Å². The predicted octanol–water partition coefficient (Wildman–Crippen LogP) is 1.44. The molecule has 10 aromatic heterocycles. The number of nitrogens with two attached hydrogens (primary N) is 6. The molecule has 1 saturated carbocycles. The van der Waals surface area contributed by atoms with Crippen LogP contribution in [0.5, 0.6) is 5.88 Å². The first-order valence-electron chi connectivity index (χ1n) is 42.4. The molecule has 22 rings (SSSR count). The molecule has 10 aromatic rings. The molecule has 0 amide bonds. The van der Waals surface area contributed by atoms with Crippen molar-refractivity contribution < 1.29 is 317 Å². The van der Waals surface area contributed by atoms with Crippen LogP contribution in [0.4, 0.5) is 39.7 Å². The van der Waals surface area contributed by atoms with Crippen molar-refractivity contribution in [3.63, 3.8) is 0 Å². The number of imidazole rings is 4. The van der Waals surface area contributed by atoms with Crippen molar-refractivity contribution in [2.75, 3.05) is 154 Å². The second-order valence-electron chi connectivity index (χ2n) is 34.1.